The van der Waals surface area contributed by atoms with Gasteiger partial charge in [-0.05, 0) is 38.0 Å². The van der Waals surface area contributed by atoms with Crippen molar-refractivity contribution >= 4 is 39.7 Å². The molecule has 0 radical (unpaired) electrons. The maximum atomic E-state index is 11.2. The second-order valence-corrected chi connectivity index (χ2v) is 6.74. The van der Waals surface area contributed by atoms with E-state index in [0.29, 0.717) is 18.8 Å². The molecule has 1 saturated carbocycles. The van der Waals surface area contributed by atoms with E-state index in [1.807, 2.05) is 13.8 Å². The Kier molecular flexibility index (Phi) is 5.98. The van der Waals surface area contributed by atoms with Crippen LogP contribution in [0.1, 0.15) is 40.0 Å². The summed E-state index contributed by atoms with van der Waals surface area (Å²) in [7, 11) is -4.15. The third kappa shape index (κ3) is 3.96. The van der Waals surface area contributed by atoms with Crippen LogP contribution in [0, 0.1) is 11.8 Å². The van der Waals surface area contributed by atoms with Gasteiger partial charge in [0.15, 0.2) is 0 Å². The zero-order valence-electron chi connectivity index (χ0n) is 9.47. The fraction of sp³-hybridized carbons (Fsp3) is 1.00. The van der Waals surface area contributed by atoms with Gasteiger partial charge in [-0.1, -0.05) is 13.8 Å². The van der Waals surface area contributed by atoms with E-state index in [1.54, 1.807) is 0 Å². The van der Waals surface area contributed by atoms with Crippen LogP contribution in [0.15, 0.2) is 0 Å². The standard InChI is InChI=1S/C10H20O4S.Na.H/c1-7(2)8-4-5-10(3,11)9(6-8)15(12,13)14;;/h7-9,11H,4-6H2,1-3H3,(H,12,13,14);;. The predicted octanol–water partition coefficient (Wildman–Crippen LogP) is 0.801. The second-order valence-electron chi connectivity index (χ2n) is 5.14. The molecule has 1 rings (SSSR count). The van der Waals surface area contributed by atoms with Crippen LogP contribution in [-0.2, 0) is 10.1 Å². The number of aliphatic hydroxyl groups is 1. The van der Waals surface area contributed by atoms with E-state index in [-0.39, 0.29) is 35.5 Å². The van der Waals surface area contributed by atoms with Crippen LogP contribution in [-0.4, -0.2) is 58.5 Å². The molecular formula is C10H21NaO4S. The number of hydrogen-bond acceptors (Lipinski definition) is 3. The molecular weight excluding hydrogens is 239 g/mol. The summed E-state index contributed by atoms with van der Waals surface area (Å²) < 4.78 is 31.4. The third-order valence-electron chi connectivity index (χ3n) is 3.53. The van der Waals surface area contributed by atoms with Crippen molar-refractivity contribution in [1.82, 2.24) is 0 Å². The molecule has 0 aromatic heterocycles. The quantitative estimate of drug-likeness (QED) is 0.569. The maximum absolute atomic E-state index is 11.2. The Bertz CT molecular complexity index is 324. The molecule has 0 aliphatic heterocycles. The molecule has 1 fully saturated rings. The summed E-state index contributed by atoms with van der Waals surface area (Å²) in [5.41, 5.74) is -1.29. The van der Waals surface area contributed by atoms with Crippen LogP contribution in [0.4, 0.5) is 0 Å². The molecule has 0 aromatic rings. The average Bonchev–Trinajstić information content (AvgIpc) is 2.00. The van der Waals surface area contributed by atoms with E-state index >= 15 is 0 Å². The zero-order valence-corrected chi connectivity index (χ0v) is 10.3. The van der Waals surface area contributed by atoms with Gasteiger partial charge in [-0.3, -0.25) is 4.55 Å². The number of rotatable bonds is 2. The first kappa shape index (κ1) is 16.9. The van der Waals surface area contributed by atoms with Crippen molar-refractivity contribution < 1.29 is 18.1 Å². The monoisotopic (exact) mass is 260 g/mol. The van der Waals surface area contributed by atoms with Crippen molar-refractivity contribution in [2.75, 3.05) is 0 Å². The molecule has 16 heavy (non-hydrogen) atoms. The minimum absolute atomic E-state index is 0. The van der Waals surface area contributed by atoms with Gasteiger partial charge in [-0.15, -0.1) is 0 Å². The summed E-state index contributed by atoms with van der Waals surface area (Å²) in [5.74, 6) is 0.641. The summed E-state index contributed by atoms with van der Waals surface area (Å²) >= 11 is 0. The van der Waals surface area contributed by atoms with Crippen molar-refractivity contribution in [3.8, 4) is 0 Å². The van der Waals surface area contributed by atoms with E-state index < -0.39 is 21.0 Å². The molecule has 0 aromatic carbocycles. The van der Waals surface area contributed by atoms with Gasteiger partial charge < -0.3 is 5.11 Å². The zero-order chi connectivity index (χ0) is 11.9. The molecule has 3 unspecified atom stereocenters. The van der Waals surface area contributed by atoms with E-state index in [0.717, 1.165) is 6.42 Å². The Hall–Kier alpha value is 0.870. The minimum atomic E-state index is -4.15. The summed E-state index contributed by atoms with van der Waals surface area (Å²) in [4.78, 5) is 0. The molecule has 0 bridgehead atoms. The predicted molar refractivity (Wildman–Crippen MR) is 65.3 cm³/mol. The van der Waals surface area contributed by atoms with Crippen molar-refractivity contribution in [1.29, 1.82) is 0 Å². The van der Waals surface area contributed by atoms with Gasteiger partial charge in [0.1, 0.15) is 5.25 Å². The first-order valence-corrected chi connectivity index (χ1v) is 6.83. The van der Waals surface area contributed by atoms with Crippen LogP contribution in [0.5, 0.6) is 0 Å². The van der Waals surface area contributed by atoms with Gasteiger partial charge in [0.05, 0.1) is 5.60 Å². The third-order valence-corrected chi connectivity index (χ3v) is 4.95. The van der Waals surface area contributed by atoms with Crippen molar-refractivity contribution in [3.05, 3.63) is 0 Å². The summed E-state index contributed by atoms with van der Waals surface area (Å²) in [5, 5.41) is 8.89. The average molecular weight is 260 g/mol. The van der Waals surface area contributed by atoms with Crippen molar-refractivity contribution in [2.45, 2.75) is 50.9 Å². The summed E-state index contributed by atoms with van der Waals surface area (Å²) in [6.07, 6.45) is 1.60. The van der Waals surface area contributed by atoms with E-state index in [1.165, 1.54) is 6.92 Å². The molecule has 0 heterocycles. The van der Waals surface area contributed by atoms with Crippen molar-refractivity contribution in [2.24, 2.45) is 11.8 Å². The van der Waals surface area contributed by atoms with Crippen LogP contribution in [0.3, 0.4) is 0 Å². The van der Waals surface area contributed by atoms with Gasteiger partial charge in [0.25, 0.3) is 10.1 Å². The SMILES string of the molecule is CC(C)C1CCC(C)(O)C(S(=O)(=O)O)C1.[NaH]. The molecule has 0 amide bonds. The van der Waals surface area contributed by atoms with Crippen LogP contribution >= 0.6 is 0 Å². The molecule has 0 saturated heterocycles. The Labute approximate surface area is 120 Å². The summed E-state index contributed by atoms with van der Waals surface area (Å²) in [6, 6.07) is 0. The van der Waals surface area contributed by atoms with E-state index in [2.05, 4.69) is 0 Å². The molecule has 2 N–H and O–H groups in total. The molecule has 0 spiro atoms. The van der Waals surface area contributed by atoms with Crippen LogP contribution < -0.4 is 0 Å². The van der Waals surface area contributed by atoms with Gasteiger partial charge in [-0.25, -0.2) is 0 Å². The van der Waals surface area contributed by atoms with Gasteiger partial charge in [-0.2, -0.15) is 8.42 Å². The van der Waals surface area contributed by atoms with E-state index in [9.17, 15) is 13.5 Å². The Morgan fingerprint density at radius 1 is 1.38 bits per heavy atom. The Morgan fingerprint density at radius 3 is 2.25 bits per heavy atom. The molecule has 3 atom stereocenters. The first-order chi connectivity index (χ1) is 6.64. The fourth-order valence-corrected chi connectivity index (χ4v) is 3.58. The second kappa shape index (κ2) is 5.67. The number of hydrogen-bond donors (Lipinski definition) is 2. The molecule has 4 nitrogen and oxygen atoms in total. The van der Waals surface area contributed by atoms with Crippen molar-refractivity contribution in [3.63, 3.8) is 0 Å². The molecule has 92 valence electrons. The fourth-order valence-electron chi connectivity index (χ4n) is 2.33. The Morgan fingerprint density at radius 2 is 1.88 bits per heavy atom. The summed E-state index contributed by atoms with van der Waals surface area (Å²) in [6.45, 7) is 5.56. The van der Waals surface area contributed by atoms with Gasteiger partial charge >= 0.3 is 29.6 Å². The van der Waals surface area contributed by atoms with Crippen LogP contribution in [0.25, 0.3) is 0 Å². The normalized spacial score (nSPS) is 35.9. The first-order valence-electron chi connectivity index (χ1n) is 5.33. The van der Waals surface area contributed by atoms with E-state index in [4.69, 9.17) is 4.55 Å². The van der Waals surface area contributed by atoms with Gasteiger partial charge in [0.2, 0.25) is 0 Å². The topological polar surface area (TPSA) is 74.6 Å². The molecule has 1 aliphatic rings. The molecule has 1 aliphatic carbocycles. The van der Waals surface area contributed by atoms with Crippen LogP contribution in [0.2, 0.25) is 0 Å². The molecule has 6 heteroatoms. The van der Waals surface area contributed by atoms with Gasteiger partial charge in [0, 0.05) is 0 Å². The Balaban J connectivity index is 0.00000225.